The van der Waals surface area contributed by atoms with Crippen molar-refractivity contribution < 1.29 is 0 Å². The van der Waals surface area contributed by atoms with Gasteiger partial charge in [-0.3, -0.25) is 4.90 Å². The molecule has 112 valence electrons. The van der Waals surface area contributed by atoms with Crippen molar-refractivity contribution in [1.29, 1.82) is 0 Å². The molecule has 2 saturated heterocycles. The lowest BCUT2D eigenvalue weighted by Gasteiger charge is -2.25. The van der Waals surface area contributed by atoms with Crippen molar-refractivity contribution in [2.75, 3.05) is 31.6 Å². The number of hydrogen-bond acceptors (Lipinski definition) is 5. The van der Waals surface area contributed by atoms with Gasteiger partial charge in [-0.2, -0.15) is 0 Å². The number of anilines is 1. The summed E-state index contributed by atoms with van der Waals surface area (Å²) in [7, 11) is 2.30. The molecule has 0 aromatic carbocycles. The van der Waals surface area contributed by atoms with Gasteiger partial charge in [0.25, 0.3) is 0 Å². The Bertz CT molecular complexity index is 459. The fraction of sp³-hybridized carbons (Fsp3) is 0.800. The normalized spacial score (nSPS) is 27.1. The Morgan fingerprint density at radius 1 is 1.30 bits per heavy atom. The molecular formula is C15H26N4S. The SMILES string of the molecule is CCNCc1sc(N2CCC3CCC(C2)N3C)nc1C. The molecule has 2 bridgehead atoms. The molecule has 2 unspecified atom stereocenters. The van der Waals surface area contributed by atoms with Gasteiger partial charge in [-0.1, -0.05) is 6.92 Å². The van der Waals surface area contributed by atoms with Gasteiger partial charge >= 0.3 is 0 Å². The van der Waals surface area contributed by atoms with Gasteiger partial charge in [-0.25, -0.2) is 4.98 Å². The lowest BCUT2D eigenvalue weighted by atomic mass is 10.1. The lowest BCUT2D eigenvalue weighted by molar-refractivity contribution is 0.254. The molecule has 1 aromatic heterocycles. The summed E-state index contributed by atoms with van der Waals surface area (Å²) >= 11 is 1.88. The van der Waals surface area contributed by atoms with Gasteiger partial charge in [0.2, 0.25) is 0 Å². The minimum Gasteiger partial charge on any atom is -0.346 e. The fourth-order valence-corrected chi connectivity index (χ4v) is 4.50. The Labute approximate surface area is 126 Å². The van der Waals surface area contributed by atoms with Crippen LogP contribution in [0, 0.1) is 6.92 Å². The molecule has 2 atom stereocenters. The molecule has 0 aliphatic carbocycles. The van der Waals surface area contributed by atoms with Crippen LogP contribution in [0.15, 0.2) is 0 Å². The third kappa shape index (κ3) is 2.71. The third-order valence-corrected chi connectivity index (χ3v) is 6.05. The van der Waals surface area contributed by atoms with E-state index in [9.17, 15) is 0 Å². The second-order valence-corrected chi connectivity index (χ2v) is 7.13. The molecule has 0 saturated carbocycles. The summed E-state index contributed by atoms with van der Waals surface area (Å²) in [6.45, 7) is 8.59. The molecular weight excluding hydrogens is 268 g/mol. The molecule has 2 aliphatic rings. The van der Waals surface area contributed by atoms with E-state index in [2.05, 4.69) is 36.0 Å². The summed E-state index contributed by atoms with van der Waals surface area (Å²) in [5, 5.41) is 4.64. The summed E-state index contributed by atoms with van der Waals surface area (Å²) in [6.07, 6.45) is 4.03. The first-order valence-corrected chi connectivity index (χ1v) is 8.64. The summed E-state index contributed by atoms with van der Waals surface area (Å²) in [5.41, 5.74) is 1.20. The van der Waals surface area contributed by atoms with Gasteiger partial charge in [-0.05, 0) is 39.8 Å². The van der Waals surface area contributed by atoms with Gasteiger partial charge in [0.15, 0.2) is 5.13 Å². The number of aromatic nitrogens is 1. The zero-order valence-electron chi connectivity index (χ0n) is 12.9. The molecule has 1 N–H and O–H groups in total. The molecule has 4 nitrogen and oxygen atoms in total. The zero-order valence-corrected chi connectivity index (χ0v) is 13.7. The van der Waals surface area contributed by atoms with Gasteiger partial charge in [-0.15, -0.1) is 11.3 Å². The number of fused-ring (bicyclic) bond motifs is 2. The maximum absolute atomic E-state index is 4.82. The maximum Gasteiger partial charge on any atom is 0.185 e. The van der Waals surface area contributed by atoms with Crippen LogP contribution in [-0.2, 0) is 6.54 Å². The largest absolute Gasteiger partial charge is 0.346 e. The average Bonchev–Trinajstić information content (AvgIpc) is 2.88. The first-order valence-electron chi connectivity index (χ1n) is 7.83. The van der Waals surface area contributed by atoms with Crippen molar-refractivity contribution in [3.05, 3.63) is 10.6 Å². The second kappa shape index (κ2) is 6.00. The minimum absolute atomic E-state index is 0.726. The van der Waals surface area contributed by atoms with Crippen LogP contribution in [0.5, 0.6) is 0 Å². The van der Waals surface area contributed by atoms with Gasteiger partial charge in [0.1, 0.15) is 0 Å². The number of thiazole rings is 1. The number of rotatable bonds is 4. The fourth-order valence-electron chi connectivity index (χ4n) is 3.43. The van der Waals surface area contributed by atoms with Crippen LogP contribution < -0.4 is 10.2 Å². The zero-order chi connectivity index (χ0) is 14.1. The summed E-state index contributed by atoms with van der Waals surface area (Å²) in [5.74, 6) is 0. The van der Waals surface area contributed by atoms with Crippen molar-refractivity contribution in [3.8, 4) is 0 Å². The number of nitrogens with zero attached hydrogens (tertiary/aromatic N) is 3. The molecule has 0 amide bonds. The summed E-state index contributed by atoms with van der Waals surface area (Å²) in [4.78, 5) is 11.3. The number of nitrogens with one attached hydrogen (secondary N) is 1. The van der Waals surface area contributed by atoms with E-state index in [1.54, 1.807) is 0 Å². The molecule has 3 rings (SSSR count). The molecule has 0 spiro atoms. The highest BCUT2D eigenvalue weighted by atomic mass is 32.1. The Kier molecular flexibility index (Phi) is 4.29. The lowest BCUT2D eigenvalue weighted by Crippen LogP contribution is -2.36. The maximum atomic E-state index is 4.82. The Balaban J connectivity index is 1.73. The van der Waals surface area contributed by atoms with E-state index in [1.807, 2.05) is 11.3 Å². The molecule has 2 aliphatic heterocycles. The van der Waals surface area contributed by atoms with Crippen molar-refractivity contribution in [2.24, 2.45) is 0 Å². The third-order valence-electron chi connectivity index (χ3n) is 4.84. The highest BCUT2D eigenvalue weighted by molar-refractivity contribution is 7.15. The summed E-state index contributed by atoms with van der Waals surface area (Å²) in [6, 6.07) is 1.52. The van der Waals surface area contributed by atoms with E-state index >= 15 is 0 Å². The Morgan fingerprint density at radius 2 is 2.10 bits per heavy atom. The Morgan fingerprint density at radius 3 is 2.90 bits per heavy atom. The number of aryl methyl sites for hydroxylation is 1. The van der Waals surface area contributed by atoms with E-state index < -0.39 is 0 Å². The summed E-state index contributed by atoms with van der Waals surface area (Å²) < 4.78 is 0. The van der Waals surface area contributed by atoms with Crippen molar-refractivity contribution >= 4 is 16.5 Å². The Hall–Kier alpha value is -0.650. The number of hydrogen-bond donors (Lipinski definition) is 1. The molecule has 3 heterocycles. The van der Waals surface area contributed by atoms with E-state index in [0.717, 1.165) is 31.7 Å². The van der Waals surface area contributed by atoms with Crippen molar-refractivity contribution in [1.82, 2.24) is 15.2 Å². The predicted octanol–water partition coefficient (Wildman–Crippen LogP) is 2.23. The molecule has 1 aromatic rings. The standard InChI is InChI=1S/C15H26N4S/c1-4-16-9-14-11(2)17-15(20-14)19-8-7-12-5-6-13(10-19)18(12)3/h12-13,16H,4-10H2,1-3H3. The van der Waals surface area contributed by atoms with E-state index in [1.165, 1.54) is 41.5 Å². The van der Waals surface area contributed by atoms with Gasteiger partial charge in [0, 0.05) is 36.6 Å². The second-order valence-electron chi connectivity index (χ2n) is 6.07. The monoisotopic (exact) mass is 294 g/mol. The molecule has 2 fully saturated rings. The van der Waals surface area contributed by atoms with E-state index in [4.69, 9.17) is 4.98 Å². The van der Waals surface area contributed by atoms with E-state index in [-0.39, 0.29) is 0 Å². The smallest absolute Gasteiger partial charge is 0.185 e. The van der Waals surface area contributed by atoms with Crippen LogP contribution in [0.1, 0.15) is 36.8 Å². The average molecular weight is 294 g/mol. The van der Waals surface area contributed by atoms with Crippen LogP contribution in [0.2, 0.25) is 0 Å². The first-order chi connectivity index (χ1) is 9.69. The predicted molar refractivity (Wildman–Crippen MR) is 85.6 cm³/mol. The highest BCUT2D eigenvalue weighted by Crippen LogP contribution is 2.33. The van der Waals surface area contributed by atoms with Crippen LogP contribution in [0.4, 0.5) is 5.13 Å². The van der Waals surface area contributed by atoms with Crippen molar-refractivity contribution in [2.45, 2.75) is 51.7 Å². The molecule has 20 heavy (non-hydrogen) atoms. The van der Waals surface area contributed by atoms with Crippen molar-refractivity contribution in [3.63, 3.8) is 0 Å². The topological polar surface area (TPSA) is 31.4 Å². The van der Waals surface area contributed by atoms with Gasteiger partial charge < -0.3 is 10.2 Å². The highest BCUT2D eigenvalue weighted by Gasteiger charge is 2.35. The first kappa shape index (κ1) is 14.3. The van der Waals surface area contributed by atoms with Gasteiger partial charge in [0.05, 0.1) is 5.69 Å². The van der Waals surface area contributed by atoms with Crippen LogP contribution >= 0.6 is 11.3 Å². The minimum atomic E-state index is 0.726. The number of likely N-dealkylation sites (N-methyl/N-ethyl adjacent to an activating group) is 1. The van der Waals surface area contributed by atoms with Crippen LogP contribution in [-0.4, -0.2) is 48.6 Å². The van der Waals surface area contributed by atoms with E-state index in [0.29, 0.717) is 0 Å². The molecule has 5 heteroatoms. The van der Waals surface area contributed by atoms with Crippen LogP contribution in [0.3, 0.4) is 0 Å². The molecule has 0 radical (unpaired) electrons. The quantitative estimate of drug-likeness (QED) is 0.923. The van der Waals surface area contributed by atoms with Crippen LogP contribution in [0.25, 0.3) is 0 Å².